The molecule has 2 unspecified atom stereocenters. The Morgan fingerprint density at radius 3 is 2.64 bits per heavy atom. The van der Waals surface area contributed by atoms with Crippen LogP contribution in [-0.2, 0) is 0 Å². The molecule has 0 aromatic rings. The Bertz CT molecular complexity index is 193. The molecule has 2 nitrogen and oxygen atoms in total. The molecule has 3 heteroatoms. The SMILES string of the molecule is CSC1(CN2CC(C)CC(N)C2)CC1. The zero-order chi connectivity index (χ0) is 10.2. The van der Waals surface area contributed by atoms with Crippen molar-refractivity contribution in [2.24, 2.45) is 11.7 Å². The minimum atomic E-state index is 0.413. The molecular formula is C11H22N2S. The molecule has 2 N–H and O–H groups in total. The van der Waals surface area contributed by atoms with Gasteiger partial charge in [0, 0.05) is 30.4 Å². The second-order valence-electron chi connectivity index (χ2n) is 5.18. The molecule has 1 heterocycles. The zero-order valence-corrected chi connectivity index (χ0v) is 10.1. The average molecular weight is 214 g/mol. The predicted molar refractivity (Wildman–Crippen MR) is 63.7 cm³/mol. The highest BCUT2D eigenvalue weighted by molar-refractivity contribution is 8.00. The van der Waals surface area contributed by atoms with Gasteiger partial charge in [0.1, 0.15) is 0 Å². The molecule has 2 atom stereocenters. The minimum Gasteiger partial charge on any atom is -0.327 e. The Kier molecular flexibility index (Phi) is 3.10. The van der Waals surface area contributed by atoms with Gasteiger partial charge in [-0.05, 0) is 31.4 Å². The topological polar surface area (TPSA) is 29.3 Å². The van der Waals surface area contributed by atoms with Crippen molar-refractivity contribution in [1.82, 2.24) is 4.90 Å². The van der Waals surface area contributed by atoms with Crippen LogP contribution >= 0.6 is 11.8 Å². The fourth-order valence-electron chi connectivity index (χ4n) is 2.62. The lowest BCUT2D eigenvalue weighted by atomic mass is 9.96. The van der Waals surface area contributed by atoms with Gasteiger partial charge in [-0.15, -0.1) is 0 Å². The smallest absolute Gasteiger partial charge is 0.0285 e. The summed E-state index contributed by atoms with van der Waals surface area (Å²) in [5.74, 6) is 0.788. The third kappa shape index (κ3) is 2.44. The standard InChI is InChI=1S/C11H22N2S/c1-9-5-10(12)7-13(6-9)8-11(14-2)3-4-11/h9-10H,3-8,12H2,1-2H3. The van der Waals surface area contributed by atoms with E-state index in [0.29, 0.717) is 10.8 Å². The Hall–Kier alpha value is 0.270. The normalized spacial score (nSPS) is 37.1. The monoisotopic (exact) mass is 214 g/mol. The van der Waals surface area contributed by atoms with E-state index < -0.39 is 0 Å². The predicted octanol–water partition coefficient (Wildman–Crippen LogP) is 1.55. The summed E-state index contributed by atoms with van der Waals surface area (Å²) in [5.41, 5.74) is 6.05. The Labute approximate surface area is 91.6 Å². The van der Waals surface area contributed by atoms with Crippen LogP contribution in [0.3, 0.4) is 0 Å². The number of piperidine rings is 1. The van der Waals surface area contributed by atoms with Crippen LogP contribution in [0.2, 0.25) is 0 Å². The minimum absolute atomic E-state index is 0.413. The van der Waals surface area contributed by atoms with E-state index in [-0.39, 0.29) is 0 Å². The van der Waals surface area contributed by atoms with E-state index in [0.717, 1.165) is 12.5 Å². The van der Waals surface area contributed by atoms with Gasteiger partial charge in [0.25, 0.3) is 0 Å². The first kappa shape index (κ1) is 10.8. The summed E-state index contributed by atoms with van der Waals surface area (Å²) in [5, 5.41) is 0. The lowest BCUT2D eigenvalue weighted by Crippen LogP contribution is -2.48. The van der Waals surface area contributed by atoms with Crippen molar-refractivity contribution in [3.05, 3.63) is 0 Å². The number of nitrogens with two attached hydrogens (primary N) is 1. The summed E-state index contributed by atoms with van der Waals surface area (Å²) < 4.78 is 0.608. The third-order valence-electron chi connectivity index (χ3n) is 3.52. The summed E-state index contributed by atoms with van der Waals surface area (Å²) >= 11 is 2.05. The van der Waals surface area contributed by atoms with Crippen LogP contribution in [0, 0.1) is 5.92 Å². The highest BCUT2D eigenvalue weighted by Gasteiger charge is 2.43. The zero-order valence-electron chi connectivity index (χ0n) is 9.33. The molecule has 0 spiro atoms. The molecule has 1 aliphatic carbocycles. The fourth-order valence-corrected chi connectivity index (χ4v) is 3.44. The van der Waals surface area contributed by atoms with Crippen LogP contribution in [-0.4, -0.2) is 41.6 Å². The number of thioether (sulfide) groups is 1. The number of nitrogens with zero attached hydrogens (tertiary/aromatic N) is 1. The van der Waals surface area contributed by atoms with Crippen LogP contribution in [0.15, 0.2) is 0 Å². The van der Waals surface area contributed by atoms with Crippen LogP contribution in [0.5, 0.6) is 0 Å². The molecule has 14 heavy (non-hydrogen) atoms. The van der Waals surface area contributed by atoms with Gasteiger partial charge >= 0.3 is 0 Å². The second-order valence-corrected chi connectivity index (χ2v) is 6.46. The van der Waals surface area contributed by atoms with E-state index in [2.05, 4.69) is 29.8 Å². The Balaban J connectivity index is 1.85. The van der Waals surface area contributed by atoms with E-state index in [1.807, 2.05) is 0 Å². The molecule has 82 valence electrons. The molecule has 0 aromatic heterocycles. The summed E-state index contributed by atoms with van der Waals surface area (Å²) in [6, 6.07) is 0.413. The van der Waals surface area contributed by atoms with E-state index in [1.165, 1.54) is 32.4 Å². The van der Waals surface area contributed by atoms with Crippen molar-refractivity contribution in [2.75, 3.05) is 25.9 Å². The number of likely N-dealkylation sites (tertiary alicyclic amines) is 1. The Morgan fingerprint density at radius 2 is 2.14 bits per heavy atom. The molecule has 2 aliphatic rings. The van der Waals surface area contributed by atoms with Crippen LogP contribution in [0.25, 0.3) is 0 Å². The number of rotatable bonds is 3. The quantitative estimate of drug-likeness (QED) is 0.773. The highest BCUT2D eigenvalue weighted by Crippen LogP contribution is 2.47. The lowest BCUT2D eigenvalue weighted by Gasteiger charge is -2.36. The number of hydrogen-bond acceptors (Lipinski definition) is 3. The van der Waals surface area contributed by atoms with Gasteiger partial charge in [-0.25, -0.2) is 0 Å². The van der Waals surface area contributed by atoms with E-state index >= 15 is 0 Å². The maximum Gasteiger partial charge on any atom is 0.0285 e. The summed E-state index contributed by atoms with van der Waals surface area (Å²) in [6.45, 7) is 5.97. The molecule has 0 aromatic carbocycles. The molecule has 2 fully saturated rings. The third-order valence-corrected chi connectivity index (χ3v) is 4.92. The fraction of sp³-hybridized carbons (Fsp3) is 1.00. The maximum absolute atomic E-state index is 6.05. The first-order valence-electron chi connectivity index (χ1n) is 5.67. The van der Waals surface area contributed by atoms with Crippen molar-refractivity contribution >= 4 is 11.8 Å². The van der Waals surface area contributed by atoms with Crippen molar-refractivity contribution in [1.29, 1.82) is 0 Å². The van der Waals surface area contributed by atoms with E-state index in [9.17, 15) is 0 Å². The Morgan fingerprint density at radius 1 is 1.43 bits per heavy atom. The van der Waals surface area contributed by atoms with E-state index in [1.54, 1.807) is 0 Å². The summed E-state index contributed by atoms with van der Waals surface area (Å²) in [7, 11) is 0. The first-order valence-corrected chi connectivity index (χ1v) is 6.89. The number of hydrogen-bond donors (Lipinski definition) is 1. The molecule has 0 amide bonds. The van der Waals surface area contributed by atoms with Gasteiger partial charge in [-0.1, -0.05) is 6.92 Å². The van der Waals surface area contributed by atoms with Gasteiger partial charge in [0.15, 0.2) is 0 Å². The van der Waals surface area contributed by atoms with Crippen molar-refractivity contribution < 1.29 is 0 Å². The highest BCUT2D eigenvalue weighted by atomic mass is 32.2. The van der Waals surface area contributed by atoms with Crippen molar-refractivity contribution in [2.45, 2.75) is 37.0 Å². The molecule has 0 bridgehead atoms. The largest absolute Gasteiger partial charge is 0.327 e. The molecule has 1 aliphatic heterocycles. The van der Waals surface area contributed by atoms with Crippen LogP contribution in [0.4, 0.5) is 0 Å². The molecule has 1 saturated heterocycles. The van der Waals surface area contributed by atoms with Crippen molar-refractivity contribution in [3.63, 3.8) is 0 Å². The van der Waals surface area contributed by atoms with Gasteiger partial charge < -0.3 is 10.6 Å². The van der Waals surface area contributed by atoms with Crippen molar-refractivity contribution in [3.8, 4) is 0 Å². The van der Waals surface area contributed by atoms with Gasteiger partial charge in [-0.2, -0.15) is 11.8 Å². The van der Waals surface area contributed by atoms with Gasteiger partial charge in [-0.3, -0.25) is 0 Å². The summed E-state index contributed by atoms with van der Waals surface area (Å²) in [4.78, 5) is 2.59. The van der Waals surface area contributed by atoms with Gasteiger partial charge in [0.2, 0.25) is 0 Å². The van der Waals surface area contributed by atoms with E-state index in [4.69, 9.17) is 5.73 Å². The van der Waals surface area contributed by atoms with Crippen LogP contribution < -0.4 is 5.73 Å². The second kappa shape index (κ2) is 4.03. The lowest BCUT2D eigenvalue weighted by molar-refractivity contribution is 0.164. The molecule has 0 radical (unpaired) electrons. The molecule has 2 rings (SSSR count). The first-order chi connectivity index (χ1) is 6.63. The molecular weight excluding hydrogens is 192 g/mol. The average Bonchev–Trinajstić information content (AvgIpc) is 2.83. The van der Waals surface area contributed by atoms with Crippen LogP contribution in [0.1, 0.15) is 26.2 Å². The molecule has 1 saturated carbocycles. The maximum atomic E-state index is 6.05. The summed E-state index contributed by atoms with van der Waals surface area (Å²) in [6.07, 6.45) is 6.28. The van der Waals surface area contributed by atoms with Gasteiger partial charge in [0.05, 0.1) is 0 Å².